The van der Waals surface area contributed by atoms with Gasteiger partial charge in [-0.05, 0) is 42.5 Å². The number of benzene rings is 1. The lowest BCUT2D eigenvalue weighted by Gasteiger charge is -2.23. The average molecular weight is 476 g/mol. The Labute approximate surface area is 180 Å². The number of sulfonamides is 1. The van der Waals surface area contributed by atoms with Crippen molar-refractivity contribution in [1.29, 1.82) is 0 Å². The Morgan fingerprint density at radius 2 is 2.00 bits per heavy atom. The molecule has 1 aliphatic rings. The molecule has 1 aromatic heterocycles. The zero-order chi connectivity index (χ0) is 22.6. The summed E-state index contributed by atoms with van der Waals surface area (Å²) in [6, 6.07) is 6.87. The Bertz CT molecular complexity index is 1040. The van der Waals surface area contributed by atoms with Crippen LogP contribution in [0.3, 0.4) is 0 Å². The molecule has 0 spiro atoms. The van der Waals surface area contributed by atoms with Crippen molar-refractivity contribution in [3.05, 3.63) is 52.2 Å². The Hall–Kier alpha value is -2.44. The van der Waals surface area contributed by atoms with Crippen LogP contribution in [-0.2, 0) is 30.5 Å². The number of rotatable bonds is 7. The number of carbonyl (C=O) groups excluding carboxylic acids is 2. The van der Waals surface area contributed by atoms with Gasteiger partial charge in [-0.3, -0.25) is 9.59 Å². The van der Waals surface area contributed by atoms with E-state index < -0.39 is 51.7 Å². The SMILES string of the molecule is O=C(CNS(=O)(=O)c1cccc(C(F)(F)F)c1)OCC(=O)N1CCCC1c1cccs1. The zero-order valence-electron chi connectivity index (χ0n) is 16.1. The molecule has 0 saturated carbocycles. The molecule has 31 heavy (non-hydrogen) atoms. The predicted octanol–water partition coefficient (Wildman–Crippen LogP) is 2.95. The number of carbonyl (C=O) groups is 2. The quantitative estimate of drug-likeness (QED) is 0.621. The van der Waals surface area contributed by atoms with Crippen LogP contribution in [0.2, 0.25) is 0 Å². The zero-order valence-corrected chi connectivity index (χ0v) is 17.7. The molecule has 0 radical (unpaired) electrons. The van der Waals surface area contributed by atoms with Gasteiger partial charge in [0.25, 0.3) is 5.91 Å². The van der Waals surface area contributed by atoms with E-state index in [9.17, 15) is 31.2 Å². The first-order valence-electron chi connectivity index (χ1n) is 9.23. The van der Waals surface area contributed by atoms with Gasteiger partial charge in [0.2, 0.25) is 10.0 Å². The van der Waals surface area contributed by atoms with Crippen LogP contribution in [0.4, 0.5) is 13.2 Å². The first kappa shape index (κ1) is 23.2. The second-order valence-corrected chi connectivity index (χ2v) is 9.52. The highest BCUT2D eigenvalue weighted by atomic mass is 32.2. The smallest absolute Gasteiger partial charge is 0.416 e. The van der Waals surface area contributed by atoms with E-state index in [2.05, 4.69) is 0 Å². The van der Waals surface area contributed by atoms with E-state index in [0.717, 1.165) is 35.9 Å². The van der Waals surface area contributed by atoms with Gasteiger partial charge in [0.1, 0.15) is 6.54 Å². The molecule has 2 heterocycles. The van der Waals surface area contributed by atoms with Gasteiger partial charge < -0.3 is 9.64 Å². The molecule has 168 valence electrons. The van der Waals surface area contributed by atoms with Gasteiger partial charge in [0.15, 0.2) is 6.61 Å². The summed E-state index contributed by atoms with van der Waals surface area (Å²) in [6.07, 6.45) is -3.09. The van der Waals surface area contributed by atoms with Gasteiger partial charge in [0.05, 0.1) is 16.5 Å². The molecular formula is C19H19F3N2O5S2. The third kappa shape index (κ3) is 5.83. The first-order chi connectivity index (χ1) is 14.6. The summed E-state index contributed by atoms with van der Waals surface area (Å²) in [5, 5.41) is 1.91. The van der Waals surface area contributed by atoms with Crippen molar-refractivity contribution in [1.82, 2.24) is 9.62 Å². The van der Waals surface area contributed by atoms with Gasteiger partial charge >= 0.3 is 12.1 Å². The molecule has 1 unspecified atom stereocenters. The predicted molar refractivity (Wildman–Crippen MR) is 106 cm³/mol. The van der Waals surface area contributed by atoms with Crippen LogP contribution in [0.5, 0.6) is 0 Å². The maximum absolute atomic E-state index is 12.8. The summed E-state index contributed by atoms with van der Waals surface area (Å²) in [7, 11) is -4.38. The minimum absolute atomic E-state index is 0.0781. The van der Waals surface area contributed by atoms with Crippen LogP contribution < -0.4 is 4.72 Å². The van der Waals surface area contributed by atoms with Crippen LogP contribution in [0.1, 0.15) is 29.3 Å². The van der Waals surface area contributed by atoms with E-state index in [-0.39, 0.29) is 6.04 Å². The van der Waals surface area contributed by atoms with Crippen molar-refractivity contribution < 1.29 is 35.9 Å². The minimum atomic E-state index is -4.71. The summed E-state index contributed by atoms with van der Waals surface area (Å²) in [4.78, 5) is 26.3. The third-order valence-corrected chi connectivity index (χ3v) is 7.05. The van der Waals surface area contributed by atoms with Crippen molar-refractivity contribution >= 4 is 33.2 Å². The highest BCUT2D eigenvalue weighted by Gasteiger charge is 2.32. The fraction of sp³-hybridized carbons (Fsp3) is 0.368. The number of nitrogens with one attached hydrogen (secondary N) is 1. The number of hydrogen-bond donors (Lipinski definition) is 1. The number of halogens is 3. The van der Waals surface area contributed by atoms with Crippen LogP contribution in [-0.4, -0.2) is 44.9 Å². The van der Waals surface area contributed by atoms with E-state index >= 15 is 0 Å². The van der Waals surface area contributed by atoms with Crippen LogP contribution in [0, 0.1) is 0 Å². The standard InChI is InChI=1S/C19H19F3N2O5S2/c20-19(21,22)13-4-1-5-14(10-13)31(27,28)23-11-18(26)29-12-17(25)24-8-2-6-15(24)16-7-3-9-30-16/h1,3-5,7,9-10,15,23H,2,6,8,11-12H2. The largest absolute Gasteiger partial charge is 0.455 e. The minimum Gasteiger partial charge on any atom is -0.455 e. The molecule has 0 aliphatic carbocycles. The number of hydrogen-bond acceptors (Lipinski definition) is 6. The second kappa shape index (κ2) is 9.37. The van der Waals surface area contributed by atoms with E-state index in [4.69, 9.17) is 4.74 Å². The molecule has 1 saturated heterocycles. The Morgan fingerprint density at radius 1 is 1.23 bits per heavy atom. The van der Waals surface area contributed by atoms with Crippen LogP contribution >= 0.6 is 11.3 Å². The van der Waals surface area contributed by atoms with E-state index in [1.165, 1.54) is 11.3 Å². The molecule has 1 aliphatic heterocycles. The fourth-order valence-corrected chi connectivity index (χ4v) is 5.08. The number of amides is 1. The van der Waals surface area contributed by atoms with Crippen molar-refractivity contribution in [2.75, 3.05) is 19.7 Å². The lowest BCUT2D eigenvalue weighted by molar-refractivity contribution is -0.151. The summed E-state index contributed by atoms with van der Waals surface area (Å²) in [5.74, 6) is -1.42. The van der Waals surface area contributed by atoms with Gasteiger partial charge in [-0.15, -0.1) is 11.3 Å². The van der Waals surface area contributed by atoms with E-state index in [0.29, 0.717) is 12.6 Å². The van der Waals surface area contributed by atoms with Crippen molar-refractivity contribution in [2.45, 2.75) is 30.0 Å². The number of esters is 1. The number of nitrogens with zero attached hydrogens (tertiary/aromatic N) is 1. The summed E-state index contributed by atoms with van der Waals surface area (Å²) < 4.78 is 69.4. The van der Waals surface area contributed by atoms with Gasteiger partial charge in [0, 0.05) is 11.4 Å². The number of alkyl halides is 3. The summed E-state index contributed by atoms with van der Waals surface area (Å²) >= 11 is 1.53. The Kier molecular flexibility index (Phi) is 7.02. The second-order valence-electron chi connectivity index (χ2n) is 6.77. The van der Waals surface area contributed by atoms with E-state index in [1.54, 1.807) is 4.90 Å². The Morgan fingerprint density at radius 3 is 2.68 bits per heavy atom. The number of ether oxygens (including phenoxy) is 1. The molecule has 1 atom stereocenters. The molecule has 2 aromatic rings. The molecule has 1 fully saturated rings. The normalized spacial score (nSPS) is 17.0. The van der Waals surface area contributed by atoms with E-state index in [1.807, 2.05) is 22.2 Å². The first-order valence-corrected chi connectivity index (χ1v) is 11.6. The molecule has 1 N–H and O–H groups in total. The highest BCUT2D eigenvalue weighted by Crippen LogP contribution is 2.34. The average Bonchev–Trinajstić information content (AvgIpc) is 3.41. The lowest BCUT2D eigenvalue weighted by atomic mass is 10.2. The monoisotopic (exact) mass is 476 g/mol. The third-order valence-electron chi connectivity index (χ3n) is 4.68. The van der Waals surface area contributed by atoms with Crippen molar-refractivity contribution in [3.63, 3.8) is 0 Å². The molecule has 7 nitrogen and oxygen atoms in total. The Balaban J connectivity index is 1.52. The maximum atomic E-state index is 12.8. The van der Waals surface area contributed by atoms with Gasteiger partial charge in [-0.25, -0.2) is 8.42 Å². The lowest BCUT2D eigenvalue weighted by Crippen LogP contribution is -2.36. The van der Waals surface area contributed by atoms with Crippen LogP contribution in [0.15, 0.2) is 46.7 Å². The van der Waals surface area contributed by atoms with Gasteiger partial charge in [-0.2, -0.15) is 17.9 Å². The molecule has 0 bridgehead atoms. The topological polar surface area (TPSA) is 92.8 Å². The van der Waals surface area contributed by atoms with Crippen molar-refractivity contribution in [2.24, 2.45) is 0 Å². The van der Waals surface area contributed by atoms with Gasteiger partial charge in [-0.1, -0.05) is 12.1 Å². The molecule has 1 amide bonds. The van der Waals surface area contributed by atoms with Crippen molar-refractivity contribution in [3.8, 4) is 0 Å². The summed E-state index contributed by atoms with van der Waals surface area (Å²) in [6.45, 7) is -0.840. The van der Waals surface area contributed by atoms with Crippen LogP contribution in [0.25, 0.3) is 0 Å². The molecule has 3 rings (SSSR count). The molecular weight excluding hydrogens is 457 g/mol. The molecule has 12 heteroatoms. The molecule has 1 aromatic carbocycles. The fourth-order valence-electron chi connectivity index (χ4n) is 3.19. The highest BCUT2D eigenvalue weighted by molar-refractivity contribution is 7.89. The number of thiophene rings is 1. The number of likely N-dealkylation sites (tertiary alicyclic amines) is 1. The maximum Gasteiger partial charge on any atom is 0.416 e. The summed E-state index contributed by atoms with van der Waals surface area (Å²) in [5.41, 5.74) is -1.13.